The van der Waals surface area contributed by atoms with Gasteiger partial charge in [-0.15, -0.1) is 0 Å². The molecule has 0 unspecified atom stereocenters. The lowest BCUT2D eigenvalue weighted by molar-refractivity contribution is 0.803. The van der Waals surface area contributed by atoms with Crippen LogP contribution in [0.3, 0.4) is 0 Å². The molecule has 1 aromatic heterocycles. The molecule has 3 nitrogen and oxygen atoms in total. The minimum absolute atomic E-state index is 0.0587. The third-order valence-corrected chi connectivity index (χ3v) is 1.90. The second kappa shape index (κ2) is 3.54. The molecule has 0 aromatic carbocycles. The molecule has 0 radical (unpaired) electrons. The maximum absolute atomic E-state index is 5.75. The zero-order valence-electron chi connectivity index (χ0n) is 7.76. The fourth-order valence-electron chi connectivity index (χ4n) is 1.18. The van der Waals surface area contributed by atoms with Crippen molar-refractivity contribution in [3.05, 3.63) is 23.4 Å². The van der Waals surface area contributed by atoms with E-state index in [1.165, 1.54) is 5.56 Å². The third-order valence-electron chi connectivity index (χ3n) is 1.90. The Balaban J connectivity index is 3.03. The van der Waals surface area contributed by atoms with Crippen LogP contribution in [0, 0.1) is 6.92 Å². The van der Waals surface area contributed by atoms with E-state index in [0.717, 1.165) is 11.4 Å². The lowest BCUT2D eigenvalue weighted by Gasteiger charge is -2.09. The topological polar surface area (TPSA) is 50.9 Å². The largest absolute Gasteiger partial charge is 0.373 e. The normalized spacial score (nSPS) is 12.7. The van der Waals surface area contributed by atoms with Crippen LogP contribution in [0.5, 0.6) is 0 Å². The summed E-state index contributed by atoms with van der Waals surface area (Å²) in [5.74, 6) is 0.886. The van der Waals surface area contributed by atoms with Gasteiger partial charge in [0.1, 0.15) is 5.82 Å². The van der Waals surface area contributed by atoms with Crippen LogP contribution in [-0.2, 0) is 0 Å². The molecule has 0 aliphatic heterocycles. The Bertz CT molecular complexity index is 268. The number of nitrogens with two attached hydrogens (primary N) is 1. The number of hydrogen-bond donors (Lipinski definition) is 2. The second-order valence-electron chi connectivity index (χ2n) is 2.96. The number of hydrogen-bond acceptors (Lipinski definition) is 3. The first-order valence-electron chi connectivity index (χ1n) is 4.05. The van der Waals surface area contributed by atoms with Crippen molar-refractivity contribution in [2.24, 2.45) is 5.73 Å². The Morgan fingerprint density at radius 3 is 2.67 bits per heavy atom. The van der Waals surface area contributed by atoms with E-state index in [4.69, 9.17) is 5.73 Å². The molecule has 0 aliphatic rings. The Hall–Kier alpha value is -1.09. The third kappa shape index (κ3) is 1.74. The van der Waals surface area contributed by atoms with Crippen LogP contribution in [0.1, 0.15) is 24.1 Å². The van der Waals surface area contributed by atoms with E-state index >= 15 is 0 Å². The number of nitrogens with one attached hydrogen (secondary N) is 1. The zero-order valence-corrected chi connectivity index (χ0v) is 7.76. The van der Waals surface area contributed by atoms with Gasteiger partial charge in [-0.3, -0.25) is 0 Å². The van der Waals surface area contributed by atoms with Crippen LogP contribution in [0.25, 0.3) is 0 Å². The molecule has 0 aliphatic carbocycles. The number of aromatic nitrogens is 1. The first kappa shape index (κ1) is 9.00. The van der Waals surface area contributed by atoms with E-state index in [0.29, 0.717) is 0 Å². The van der Waals surface area contributed by atoms with Gasteiger partial charge < -0.3 is 11.1 Å². The summed E-state index contributed by atoms with van der Waals surface area (Å²) in [4.78, 5) is 4.19. The fraction of sp³-hybridized carbons (Fsp3) is 0.444. The molecule has 0 fully saturated rings. The standard InChI is InChI=1S/C9H15N3/c1-6-4-9(11-3)12-5-8(6)7(2)10/h4-5,7H,10H2,1-3H3,(H,11,12)/t7-/m0/s1. The molecule has 12 heavy (non-hydrogen) atoms. The van der Waals surface area contributed by atoms with E-state index in [2.05, 4.69) is 10.3 Å². The molecule has 1 atom stereocenters. The molecule has 1 rings (SSSR count). The average molecular weight is 165 g/mol. The van der Waals surface area contributed by atoms with E-state index in [1.54, 1.807) is 0 Å². The lowest BCUT2D eigenvalue weighted by Crippen LogP contribution is -2.08. The highest BCUT2D eigenvalue weighted by molar-refractivity contribution is 5.40. The van der Waals surface area contributed by atoms with Crippen LogP contribution in [0.4, 0.5) is 5.82 Å². The summed E-state index contributed by atoms with van der Waals surface area (Å²) >= 11 is 0. The summed E-state index contributed by atoms with van der Waals surface area (Å²) in [6.45, 7) is 4.00. The minimum atomic E-state index is 0.0587. The van der Waals surface area contributed by atoms with Crippen molar-refractivity contribution in [2.75, 3.05) is 12.4 Å². The molecule has 0 saturated heterocycles. The summed E-state index contributed by atoms with van der Waals surface area (Å²) in [5.41, 5.74) is 8.04. The molecule has 0 amide bonds. The van der Waals surface area contributed by atoms with Gasteiger partial charge in [-0.2, -0.15) is 0 Å². The van der Waals surface area contributed by atoms with Crippen molar-refractivity contribution in [3.63, 3.8) is 0 Å². The minimum Gasteiger partial charge on any atom is -0.373 e. The summed E-state index contributed by atoms with van der Waals surface area (Å²) < 4.78 is 0. The van der Waals surface area contributed by atoms with Gasteiger partial charge in [-0.05, 0) is 31.0 Å². The predicted octanol–water partition coefficient (Wildman–Crippen LogP) is 1.45. The summed E-state index contributed by atoms with van der Waals surface area (Å²) in [6, 6.07) is 2.06. The molecule has 0 spiro atoms. The van der Waals surface area contributed by atoms with Gasteiger partial charge in [0.25, 0.3) is 0 Å². The second-order valence-corrected chi connectivity index (χ2v) is 2.96. The summed E-state index contributed by atoms with van der Waals surface area (Å²) in [5, 5.41) is 2.98. The average Bonchev–Trinajstić information content (AvgIpc) is 2.03. The zero-order chi connectivity index (χ0) is 9.14. The first-order chi connectivity index (χ1) is 5.65. The van der Waals surface area contributed by atoms with Crippen LogP contribution in [-0.4, -0.2) is 12.0 Å². The van der Waals surface area contributed by atoms with Gasteiger partial charge in [0, 0.05) is 19.3 Å². The van der Waals surface area contributed by atoms with Crippen LogP contribution in [0.2, 0.25) is 0 Å². The Morgan fingerprint density at radius 2 is 2.25 bits per heavy atom. The summed E-state index contributed by atoms with van der Waals surface area (Å²) in [6.07, 6.45) is 1.83. The number of pyridine rings is 1. The number of rotatable bonds is 2. The van der Waals surface area contributed by atoms with E-state index < -0.39 is 0 Å². The van der Waals surface area contributed by atoms with Gasteiger partial charge in [0.15, 0.2) is 0 Å². The molecule has 1 heterocycles. The Labute approximate surface area is 73.0 Å². The van der Waals surface area contributed by atoms with Crippen molar-refractivity contribution < 1.29 is 0 Å². The lowest BCUT2D eigenvalue weighted by atomic mass is 10.1. The SMILES string of the molecule is CNc1cc(C)c([C@H](C)N)cn1. The van der Waals surface area contributed by atoms with Gasteiger partial charge in [-0.25, -0.2) is 4.98 Å². The fourth-order valence-corrected chi connectivity index (χ4v) is 1.18. The highest BCUT2D eigenvalue weighted by Crippen LogP contribution is 2.16. The Kier molecular flexibility index (Phi) is 2.65. The van der Waals surface area contributed by atoms with E-state index in [1.807, 2.05) is 33.2 Å². The van der Waals surface area contributed by atoms with Crippen molar-refractivity contribution >= 4 is 5.82 Å². The van der Waals surface area contributed by atoms with Crippen molar-refractivity contribution in [3.8, 4) is 0 Å². The number of nitrogens with zero attached hydrogens (tertiary/aromatic N) is 1. The highest BCUT2D eigenvalue weighted by Gasteiger charge is 2.03. The van der Waals surface area contributed by atoms with E-state index in [9.17, 15) is 0 Å². The highest BCUT2D eigenvalue weighted by atomic mass is 14.9. The van der Waals surface area contributed by atoms with Crippen LogP contribution < -0.4 is 11.1 Å². The molecule has 3 N–H and O–H groups in total. The van der Waals surface area contributed by atoms with Crippen LogP contribution in [0.15, 0.2) is 12.3 Å². The maximum atomic E-state index is 5.75. The van der Waals surface area contributed by atoms with E-state index in [-0.39, 0.29) is 6.04 Å². The molecule has 0 bridgehead atoms. The van der Waals surface area contributed by atoms with Crippen LogP contribution >= 0.6 is 0 Å². The first-order valence-corrected chi connectivity index (χ1v) is 4.05. The molecular weight excluding hydrogens is 150 g/mol. The molecule has 1 aromatic rings. The smallest absolute Gasteiger partial charge is 0.125 e. The Morgan fingerprint density at radius 1 is 1.58 bits per heavy atom. The van der Waals surface area contributed by atoms with Crippen molar-refractivity contribution in [2.45, 2.75) is 19.9 Å². The van der Waals surface area contributed by atoms with Gasteiger partial charge in [0.2, 0.25) is 0 Å². The van der Waals surface area contributed by atoms with Gasteiger partial charge in [0.05, 0.1) is 0 Å². The monoisotopic (exact) mass is 165 g/mol. The number of anilines is 1. The van der Waals surface area contributed by atoms with Gasteiger partial charge in [-0.1, -0.05) is 0 Å². The molecular formula is C9H15N3. The molecule has 0 saturated carbocycles. The molecule has 66 valence electrons. The molecule has 3 heteroatoms. The predicted molar refractivity (Wildman–Crippen MR) is 51.1 cm³/mol. The number of aryl methyl sites for hydroxylation is 1. The summed E-state index contributed by atoms with van der Waals surface area (Å²) in [7, 11) is 1.85. The quantitative estimate of drug-likeness (QED) is 0.697. The van der Waals surface area contributed by atoms with Gasteiger partial charge >= 0.3 is 0 Å². The van der Waals surface area contributed by atoms with Crippen molar-refractivity contribution in [1.82, 2.24) is 4.98 Å². The van der Waals surface area contributed by atoms with Crippen molar-refractivity contribution in [1.29, 1.82) is 0 Å². The maximum Gasteiger partial charge on any atom is 0.125 e.